The summed E-state index contributed by atoms with van der Waals surface area (Å²) in [6.07, 6.45) is 4.22. The summed E-state index contributed by atoms with van der Waals surface area (Å²) < 4.78 is 35.7. The fraction of sp³-hybridized carbons (Fsp3) is 0.550. The number of unbranched alkanes of at least 4 members (excludes halogenated alkanes) is 2. The Morgan fingerprint density at radius 3 is 2.06 bits per heavy atom. The molecule has 0 radical (unpaired) electrons. The van der Waals surface area contributed by atoms with Crippen molar-refractivity contribution < 1.29 is 27.6 Å². The summed E-state index contributed by atoms with van der Waals surface area (Å²) in [6, 6.07) is 22.5. The second kappa shape index (κ2) is 14.5. The molecule has 0 amide bonds. The summed E-state index contributed by atoms with van der Waals surface area (Å²) in [5, 5.41) is 12.4. The topological polar surface area (TPSA) is 71.3 Å². The Kier molecular flexibility index (Phi) is 10.6. The number of nitrogens with one attached hydrogen (secondary N) is 1. The molecule has 3 fully saturated rings. The molecule has 0 aliphatic carbocycles. The predicted octanol–water partition coefficient (Wildman–Crippen LogP) is 5.21. The van der Waals surface area contributed by atoms with Crippen molar-refractivity contribution in [3.63, 3.8) is 0 Å². The van der Waals surface area contributed by atoms with Gasteiger partial charge in [0.1, 0.15) is 58.2 Å². The Labute approximate surface area is 289 Å². The molecular weight excluding hydrogens is 619 g/mol. The van der Waals surface area contributed by atoms with Crippen LogP contribution in [0.2, 0.25) is 0 Å². The van der Waals surface area contributed by atoms with Crippen molar-refractivity contribution in [1.82, 2.24) is 0 Å². The highest BCUT2D eigenvalue weighted by atomic mass is 32.2. The normalized spacial score (nSPS) is 25.6. The summed E-state index contributed by atoms with van der Waals surface area (Å²) in [5.74, 6) is 0.269. The highest BCUT2D eigenvalue weighted by molar-refractivity contribution is 7.91. The Morgan fingerprint density at radius 1 is 0.875 bits per heavy atom. The van der Waals surface area contributed by atoms with Crippen LogP contribution >= 0.6 is 0 Å². The van der Waals surface area contributed by atoms with Gasteiger partial charge in [-0.3, -0.25) is 0 Å². The number of hydrogen-bond donors (Lipinski definition) is 2. The van der Waals surface area contributed by atoms with Gasteiger partial charge in [-0.2, -0.15) is 0 Å². The monoisotopic (exact) mass is 675 g/mol. The fourth-order valence-electron chi connectivity index (χ4n) is 8.59. The molecular formula is C40H57N3O4S+2. The van der Waals surface area contributed by atoms with Crippen LogP contribution in [0.25, 0.3) is 0 Å². The lowest BCUT2D eigenvalue weighted by molar-refractivity contribution is -1.08. The van der Waals surface area contributed by atoms with E-state index in [1.165, 1.54) is 49.3 Å². The van der Waals surface area contributed by atoms with Crippen molar-refractivity contribution in [3.05, 3.63) is 89.0 Å². The molecule has 7 rings (SSSR count). The molecule has 0 aromatic heterocycles. The number of hydrogen-bond acceptors (Lipinski definition) is 5. The molecule has 0 spiro atoms. The number of ether oxygens (including phenoxy) is 1. The lowest BCUT2D eigenvalue weighted by Gasteiger charge is -2.48. The third-order valence-corrected chi connectivity index (χ3v) is 13.7. The van der Waals surface area contributed by atoms with Crippen LogP contribution in [0.1, 0.15) is 80.5 Å². The van der Waals surface area contributed by atoms with Gasteiger partial charge in [0.15, 0.2) is 9.84 Å². The van der Waals surface area contributed by atoms with Crippen molar-refractivity contribution in [2.45, 2.75) is 82.4 Å². The first-order chi connectivity index (χ1) is 23.1. The van der Waals surface area contributed by atoms with Crippen LogP contribution in [0.5, 0.6) is 5.75 Å². The minimum atomic E-state index is -3.63. The number of sulfone groups is 1. The molecule has 2 bridgehead atoms. The molecule has 2 N–H and O–H groups in total. The van der Waals surface area contributed by atoms with Crippen LogP contribution < -0.4 is 14.5 Å². The summed E-state index contributed by atoms with van der Waals surface area (Å²) in [6.45, 7) is 13.7. The quantitative estimate of drug-likeness (QED) is 0.244. The van der Waals surface area contributed by atoms with Crippen LogP contribution in [-0.2, 0) is 23.0 Å². The van der Waals surface area contributed by atoms with E-state index in [-0.39, 0.29) is 5.75 Å². The summed E-state index contributed by atoms with van der Waals surface area (Å²) in [5.41, 5.74) is 4.35. The van der Waals surface area contributed by atoms with E-state index in [1.54, 1.807) is 11.0 Å². The van der Waals surface area contributed by atoms with Gasteiger partial charge >= 0.3 is 0 Å². The highest BCUT2D eigenvalue weighted by Gasteiger charge is 2.49. The molecule has 3 aromatic rings. The van der Waals surface area contributed by atoms with E-state index in [2.05, 4.69) is 38.1 Å². The number of piperazine rings is 3. The standard InChI is InChI=1S/C40H56N3O4S/c1-5-7-19-40(20-8-6-2)30-48(45,46)37-18-15-34(41(3)4)27-36(37)38(39(40)44)33-13-16-35(17-14-33)47-29-32-11-9-31(10-12-32)28-43-24-21-42(22-25-43)23-26-43/h9-18,27,38-39,44H,5-8,19-26,28-30H2,1-4H3/q+1/p+1/t38-,39-/m1/s1. The molecule has 260 valence electrons. The van der Waals surface area contributed by atoms with Crippen molar-refractivity contribution in [2.75, 3.05) is 64.0 Å². The second-order valence-corrected chi connectivity index (χ2v) is 17.2. The molecule has 0 saturated carbocycles. The number of aliphatic hydroxyl groups excluding tert-OH is 1. The third-order valence-electron chi connectivity index (χ3n) is 11.7. The first kappa shape index (κ1) is 34.9. The molecule has 4 heterocycles. The molecule has 7 nitrogen and oxygen atoms in total. The van der Waals surface area contributed by atoms with Gasteiger partial charge in [-0.25, -0.2) is 8.42 Å². The van der Waals surface area contributed by atoms with Gasteiger partial charge in [0.25, 0.3) is 0 Å². The molecule has 3 aromatic carbocycles. The zero-order valence-electron chi connectivity index (χ0n) is 29.6. The van der Waals surface area contributed by atoms with Gasteiger partial charge in [-0.1, -0.05) is 75.9 Å². The predicted molar refractivity (Wildman–Crippen MR) is 193 cm³/mol. The number of benzene rings is 3. The molecule has 4 aliphatic heterocycles. The molecule has 0 unspecified atom stereocenters. The maximum Gasteiger partial charge on any atom is 0.179 e. The average Bonchev–Trinajstić information content (AvgIpc) is 3.17. The summed E-state index contributed by atoms with van der Waals surface area (Å²) in [4.78, 5) is 4.12. The van der Waals surface area contributed by atoms with Gasteiger partial charge in [0.2, 0.25) is 0 Å². The van der Waals surface area contributed by atoms with Gasteiger partial charge < -0.3 is 24.1 Å². The van der Waals surface area contributed by atoms with Crippen LogP contribution in [0.3, 0.4) is 0 Å². The van der Waals surface area contributed by atoms with E-state index >= 15 is 0 Å². The maximum absolute atomic E-state index is 14.1. The van der Waals surface area contributed by atoms with Crippen LogP contribution in [-0.4, -0.2) is 83.2 Å². The SMILES string of the molecule is CCCCC1(CCCC)CS(=O)(=O)c2ccc(N(C)C)cc2[C@@H](c2ccc(OCc3ccc(C[N+]45CC[NH+](CC4)CC5)cc3)cc2)[C@H]1O. The summed E-state index contributed by atoms with van der Waals surface area (Å²) in [7, 11) is 0.293. The van der Waals surface area contributed by atoms with Crippen molar-refractivity contribution in [3.8, 4) is 5.75 Å². The first-order valence-electron chi connectivity index (χ1n) is 18.3. The number of fused-ring (bicyclic) bond motifs is 4. The number of quaternary nitrogens is 2. The Morgan fingerprint density at radius 2 is 1.48 bits per heavy atom. The van der Waals surface area contributed by atoms with Crippen molar-refractivity contribution in [2.24, 2.45) is 5.41 Å². The number of rotatable bonds is 13. The van der Waals surface area contributed by atoms with E-state index in [1.807, 2.05) is 55.4 Å². The van der Waals surface area contributed by atoms with E-state index < -0.39 is 27.3 Å². The fourth-order valence-corrected chi connectivity index (χ4v) is 10.8. The van der Waals surface area contributed by atoms with Crippen LogP contribution in [0, 0.1) is 5.41 Å². The largest absolute Gasteiger partial charge is 0.489 e. The minimum Gasteiger partial charge on any atom is -0.489 e. The number of nitrogens with zero attached hydrogens (tertiary/aromatic N) is 2. The minimum absolute atomic E-state index is 0.0223. The molecule has 3 saturated heterocycles. The Balaban J connectivity index is 1.24. The van der Waals surface area contributed by atoms with Gasteiger partial charge in [-0.15, -0.1) is 0 Å². The van der Waals surface area contributed by atoms with E-state index in [9.17, 15) is 13.5 Å². The lowest BCUT2D eigenvalue weighted by atomic mass is 9.68. The van der Waals surface area contributed by atoms with E-state index in [0.717, 1.165) is 54.8 Å². The first-order valence-corrected chi connectivity index (χ1v) is 19.9. The average molecular weight is 676 g/mol. The Hall–Kier alpha value is -2.91. The van der Waals surface area contributed by atoms with Gasteiger partial charge in [-0.05, 0) is 59.9 Å². The lowest BCUT2D eigenvalue weighted by Crippen LogP contribution is -3.19. The van der Waals surface area contributed by atoms with Gasteiger partial charge in [0, 0.05) is 36.7 Å². The van der Waals surface area contributed by atoms with Gasteiger partial charge in [0.05, 0.1) is 16.8 Å². The molecule has 4 aliphatic rings. The molecule has 48 heavy (non-hydrogen) atoms. The molecule has 8 heteroatoms. The van der Waals surface area contributed by atoms with Crippen molar-refractivity contribution >= 4 is 15.5 Å². The van der Waals surface area contributed by atoms with E-state index in [0.29, 0.717) is 29.9 Å². The second-order valence-electron chi connectivity index (χ2n) is 15.2. The number of aliphatic hydroxyl groups is 1. The Bertz CT molecular complexity index is 1610. The van der Waals surface area contributed by atoms with Crippen LogP contribution in [0.15, 0.2) is 71.6 Å². The number of anilines is 1. The summed E-state index contributed by atoms with van der Waals surface area (Å²) >= 11 is 0. The van der Waals surface area contributed by atoms with Crippen molar-refractivity contribution in [1.29, 1.82) is 0 Å². The highest BCUT2D eigenvalue weighted by Crippen LogP contribution is 2.50. The third kappa shape index (κ3) is 7.32. The smallest absolute Gasteiger partial charge is 0.179 e. The van der Waals surface area contributed by atoms with Crippen LogP contribution in [0.4, 0.5) is 5.69 Å². The van der Waals surface area contributed by atoms with E-state index in [4.69, 9.17) is 4.74 Å². The zero-order valence-corrected chi connectivity index (χ0v) is 30.4. The maximum atomic E-state index is 14.1. The zero-order chi connectivity index (χ0) is 33.9. The molecule has 2 atom stereocenters.